The molecular weight excluding hydrogens is 399 g/mol. The Morgan fingerprint density at radius 2 is 1.87 bits per heavy atom. The number of hydrogen-bond donors (Lipinski definition) is 1. The summed E-state index contributed by atoms with van der Waals surface area (Å²) in [6.07, 6.45) is -0.880. The predicted octanol–water partition coefficient (Wildman–Crippen LogP) is 3.44. The number of aryl methyl sites for hydroxylation is 2. The summed E-state index contributed by atoms with van der Waals surface area (Å²) in [5, 5.41) is 12.0. The fraction of sp³-hybridized carbons (Fsp3) is 0.211. The smallest absolute Gasteiger partial charge is 0.320 e. The van der Waals surface area contributed by atoms with Crippen LogP contribution in [0.5, 0.6) is 0 Å². The third-order valence-electron chi connectivity index (χ3n) is 4.67. The second-order valence-corrected chi connectivity index (χ2v) is 6.72. The average molecular weight is 415 g/mol. The molecule has 0 aliphatic rings. The van der Waals surface area contributed by atoms with E-state index >= 15 is 0 Å². The summed E-state index contributed by atoms with van der Waals surface area (Å²) < 4.78 is 41.1. The molecule has 0 aromatic carbocycles. The molecule has 0 aliphatic carbocycles. The minimum absolute atomic E-state index is 0.175. The number of carbonyl (C=O) groups is 1. The quantitative estimate of drug-likeness (QED) is 0.554. The van der Waals surface area contributed by atoms with Crippen LogP contribution in [-0.2, 0) is 13.2 Å². The van der Waals surface area contributed by atoms with Crippen molar-refractivity contribution in [2.45, 2.75) is 20.0 Å². The Bertz CT molecular complexity index is 1260. The maximum atomic E-state index is 12.7. The van der Waals surface area contributed by atoms with E-state index in [2.05, 4.69) is 25.5 Å². The largest absolute Gasteiger partial charge is 0.417 e. The number of amides is 1. The second kappa shape index (κ2) is 6.94. The van der Waals surface area contributed by atoms with Crippen molar-refractivity contribution in [3.8, 4) is 5.82 Å². The van der Waals surface area contributed by atoms with Crippen LogP contribution >= 0.6 is 0 Å². The molecule has 30 heavy (non-hydrogen) atoms. The van der Waals surface area contributed by atoms with Gasteiger partial charge in [-0.05, 0) is 32.0 Å². The van der Waals surface area contributed by atoms with Crippen molar-refractivity contribution >= 4 is 22.6 Å². The third kappa shape index (κ3) is 3.38. The number of halogens is 3. The Morgan fingerprint density at radius 3 is 2.53 bits per heavy atom. The highest BCUT2D eigenvalue weighted by atomic mass is 19.4. The summed E-state index contributed by atoms with van der Waals surface area (Å²) in [6.45, 7) is 3.48. The number of carbonyl (C=O) groups excluding carboxylic acids is 1. The van der Waals surface area contributed by atoms with Crippen molar-refractivity contribution in [2.75, 3.05) is 5.32 Å². The lowest BCUT2D eigenvalue weighted by Gasteiger charge is -2.08. The first-order valence-corrected chi connectivity index (χ1v) is 8.84. The molecule has 4 rings (SSSR count). The van der Waals surface area contributed by atoms with Gasteiger partial charge in [-0.2, -0.15) is 23.4 Å². The molecule has 1 N–H and O–H groups in total. The zero-order valence-electron chi connectivity index (χ0n) is 16.2. The average Bonchev–Trinajstić information content (AvgIpc) is 3.21. The van der Waals surface area contributed by atoms with Gasteiger partial charge < -0.3 is 5.32 Å². The van der Waals surface area contributed by atoms with Gasteiger partial charge in [-0.1, -0.05) is 0 Å². The molecule has 8 nitrogen and oxygen atoms in total. The van der Waals surface area contributed by atoms with Crippen molar-refractivity contribution in [3.63, 3.8) is 0 Å². The van der Waals surface area contributed by atoms with Crippen LogP contribution < -0.4 is 5.32 Å². The lowest BCUT2D eigenvalue weighted by molar-refractivity contribution is -0.137. The van der Waals surface area contributed by atoms with Gasteiger partial charge in [0.1, 0.15) is 0 Å². The number of alkyl halides is 3. The van der Waals surface area contributed by atoms with Gasteiger partial charge in [0.15, 0.2) is 11.5 Å². The van der Waals surface area contributed by atoms with E-state index in [1.54, 1.807) is 24.7 Å². The fourth-order valence-corrected chi connectivity index (χ4v) is 3.12. The summed E-state index contributed by atoms with van der Waals surface area (Å²) in [5.74, 6) is -0.248. The Hall–Kier alpha value is -3.76. The Labute approximate surface area is 168 Å². The first-order valence-electron chi connectivity index (χ1n) is 8.84. The van der Waals surface area contributed by atoms with Crippen molar-refractivity contribution < 1.29 is 18.0 Å². The van der Waals surface area contributed by atoms with E-state index in [1.807, 2.05) is 6.92 Å². The molecule has 0 saturated carbocycles. The lowest BCUT2D eigenvalue weighted by Crippen LogP contribution is -2.13. The SMILES string of the molecule is Cc1nn(C)c2ncc(NC(=O)c3cnn(-c4ccc(C(F)(F)F)cn4)c3C)cc12. The topological polar surface area (TPSA) is 90.5 Å². The van der Waals surface area contributed by atoms with Crippen LogP contribution in [-0.4, -0.2) is 35.4 Å². The molecule has 0 bridgehead atoms. The fourth-order valence-electron chi connectivity index (χ4n) is 3.12. The van der Waals surface area contributed by atoms with Gasteiger partial charge >= 0.3 is 6.18 Å². The van der Waals surface area contributed by atoms with E-state index in [4.69, 9.17) is 0 Å². The van der Waals surface area contributed by atoms with Gasteiger partial charge in [-0.3, -0.25) is 9.48 Å². The van der Waals surface area contributed by atoms with E-state index in [0.717, 1.165) is 23.3 Å². The summed E-state index contributed by atoms with van der Waals surface area (Å²) in [5.41, 5.74) is 1.81. The molecule has 0 aliphatic heterocycles. The number of anilines is 1. The highest BCUT2D eigenvalue weighted by Crippen LogP contribution is 2.29. The van der Waals surface area contributed by atoms with Gasteiger partial charge in [0.2, 0.25) is 0 Å². The van der Waals surface area contributed by atoms with Gasteiger partial charge in [0.25, 0.3) is 5.91 Å². The summed E-state index contributed by atoms with van der Waals surface area (Å²) >= 11 is 0. The maximum Gasteiger partial charge on any atom is 0.417 e. The minimum atomic E-state index is -4.47. The standard InChI is InChI=1S/C19H16F3N7O/c1-10-14-6-13(8-24-17(14)28(3)27-10)26-18(30)15-9-25-29(11(15)2)16-5-4-12(7-23-16)19(20,21)22/h4-9H,1-3H3,(H,26,30). The molecule has 11 heteroatoms. The van der Waals surface area contributed by atoms with Gasteiger partial charge in [0.05, 0.1) is 40.6 Å². The maximum absolute atomic E-state index is 12.7. The number of nitrogens with one attached hydrogen (secondary N) is 1. The molecule has 1 amide bonds. The molecule has 4 heterocycles. The van der Waals surface area contributed by atoms with Crippen molar-refractivity contribution in [2.24, 2.45) is 7.05 Å². The van der Waals surface area contributed by atoms with Crippen LogP contribution in [0.25, 0.3) is 16.9 Å². The molecule has 4 aromatic heterocycles. The number of nitrogens with zero attached hydrogens (tertiary/aromatic N) is 6. The van der Waals surface area contributed by atoms with Crippen LogP contribution in [0.4, 0.5) is 18.9 Å². The first kappa shape index (κ1) is 19.6. The molecule has 154 valence electrons. The summed E-state index contributed by atoms with van der Waals surface area (Å²) in [6, 6.07) is 3.90. The number of hydrogen-bond acceptors (Lipinski definition) is 5. The molecular formula is C19H16F3N7O. The van der Waals surface area contributed by atoms with Crippen LogP contribution in [0.2, 0.25) is 0 Å². The van der Waals surface area contributed by atoms with Crippen molar-refractivity contribution in [3.05, 3.63) is 59.3 Å². The molecule has 0 fully saturated rings. The van der Waals surface area contributed by atoms with Crippen LogP contribution in [0, 0.1) is 13.8 Å². The zero-order valence-corrected chi connectivity index (χ0v) is 16.2. The Morgan fingerprint density at radius 1 is 1.10 bits per heavy atom. The second-order valence-electron chi connectivity index (χ2n) is 6.72. The van der Waals surface area contributed by atoms with E-state index in [-0.39, 0.29) is 11.4 Å². The highest BCUT2D eigenvalue weighted by molar-refractivity contribution is 6.05. The normalized spacial score (nSPS) is 11.8. The Balaban J connectivity index is 1.59. The number of pyridine rings is 2. The van der Waals surface area contributed by atoms with E-state index in [1.165, 1.54) is 23.1 Å². The van der Waals surface area contributed by atoms with Crippen LogP contribution in [0.15, 0.2) is 36.8 Å². The van der Waals surface area contributed by atoms with Gasteiger partial charge in [-0.25, -0.2) is 14.6 Å². The lowest BCUT2D eigenvalue weighted by atomic mass is 10.2. The van der Waals surface area contributed by atoms with Crippen LogP contribution in [0.3, 0.4) is 0 Å². The molecule has 0 saturated heterocycles. The highest BCUT2D eigenvalue weighted by Gasteiger charge is 2.30. The van der Waals surface area contributed by atoms with Gasteiger partial charge in [0, 0.05) is 18.6 Å². The van der Waals surface area contributed by atoms with E-state index in [0.29, 0.717) is 17.0 Å². The third-order valence-corrected chi connectivity index (χ3v) is 4.67. The molecule has 4 aromatic rings. The number of rotatable bonds is 3. The minimum Gasteiger partial charge on any atom is -0.320 e. The molecule has 0 radical (unpaired) electrons. The van der Waals surface area contributed by atoms with Crippen molar-refractivity contribution in [1.82, 2.24) is 29.5 Å². The van der Waals surface area contributed by atoms with Crippen LogP contribution in [0.1, 0.15) is 27.3 Å². The summed E-state index contributed by atoms with van der Waals surface area (Å²) in [4.78, 5) is 20.8. The Kier molecular flexibility index (Phi) is 4.52. The molecule has 0 spiro atoms. The number of aromatic nitrogens is 6. The number of fused-ring (bicyclic) bond motifs is 1. The zero-order chi connectivity index (χ0) is 21.6. The van der Waals surface area contributed by atoms with Gasteiger partial charge in [-0.15, -0.1) is 0 Å². The monoisotopic (exact) mass is 415 g/mol. The summed E-state index contributed by atoms with van der Waals surface area (Å²) in [7, 11) is 1.79. The van der Waals surface area contributed by atoms with Crippen molar-refractivity contribution in [1.29, 1.82) is 0 Å². The molecule has 0 unspecified atom stereocenters. The van der Waals surface area contributed by atoms with E-state index < -0.39 is 17.6 Å². The molecule has 0 atom stereocenters. The predicted molar refractivity (Wildman–Crippen MR) is 102 cm³/mol. The first-order chi connectivity index (χ1) is 14.1. The van der Waals surface area contributed by atoms with E-state index in [9.17, 15) is 18.0 Å².